The van der Waals surface area contributed by atoms with Crippen LogP contribution in [0.3, 0.4) is 0 Å². The van der Waals surface area contributed by atoms with Crippen molar-refractivity contribution >= 4 is 15.9 Å². The lowest BCUT2D eigenvalue weighted by Crippen LogP contribution is -2.40. The molecule has 0 saturated heterocycles. The van der Waals surface area contributed by atoms with Crippen molar-refractivity contribution in [1.29, 1.82) is 0 Å². The van der Waals surface area contributed by atoms with Crippen molar-refractivity contribution in [3.8, 4) is 0 Å². The van der Waals surface area contributed by atoms with E-state index in [-0.39, 0.29) is 36.1 Å². The number of sulfonamides is 1. The second-order valence-corrected chi connectivity index (χ2v) is 7.29. The van der Waals surface area contributed by atoms with Crippen molar-refractivity contribution in [3.63, 3.8) is 0 Å². The minimum atomic E-state index is -3.31. The zero-order valence-electron chi connectivity index (χ0n) is 11.7. The molecule has 0 aliphatic heterocycles. The molecule has 0 radical (unpaired) electrons. The van der Waals surface area contributed by atoms with E-state index in [0.29, 0.717) is 6.54 Å². The number of carbonyl (C=O) groups excluding carboxylic acids is 1. The maximum absolute atomic E-state index is 11.9. The van der Waals surface area contributed by atoms with Crippen LogP contribution in [0.15, 0.2) is 0 Å². The van der Waals surface area contributed by atoms with Crippen LogP contribution in [-0.4, -0.2) is 39.2 Å². The molecular weight excluding hydrogens is 266 g/mol. The van der Waals surface area contributed by atoms with Crippen LogP contribution in [0, 0.1) is 11.8 Å². The van der Waals surface area contributed by atoms with Crippen LogP contribution in [0.4, 0.5) is 0 Å². The molecule has 112 valence electrons. The Morgan fingerprint density at radius 1 is 1.37 bits per heavy atom. The van der Waals surface area contributed by atoms with Crippen molar-refractivity contribution in [2.24, 2.45) is 17.6 Å². The molecule has 0 spiro atoms. The average molecular weight is 291 g/mol. The molecule has 4 N–H and O–H groups in total. The van der Waals surface area contributed by atoms with E-state index >= 15 is 0 Å². The van der Waals surface area contributed by atoms with E-state index in [2.05, 4.69) is 10.0 Å². The van der Waals surface area contributed by atoms with Gasteiger partial charge >= 0.3 is 0 Å². The zero-order chi connectivity index (χ0) is 14.5. The Morgan fingerprint density at radius 3 is 2.63 bits per heavy atom. The zero-order valence-corrected chi connectivity index (χ0v) is 12.5. The number of carbonyl (C=O) groups is 1. The van der Waals surface area contributed by atoms with Crippen LogP contribution < -0.4 is 15.8 Å². The summed E-state index contributed by atoms with van der Waals surface area (Å²) in [6.45, 7) is 4.20. The fraction of sp³-hybridized carbons (Fsp3) is 0.917. The summed E-state index contributed by atoms with van der Waals surface area (Å²) in [4.78, 5) is 11.9. The molecule has 1 fully saturated rings. The molecule has 2 atom stereocenters. The molecule has 1 amide bonds. The van der Waals surface area contributed by atoms with Crippen molar-refractivity contribution in [2.75, 3.05) is 18.8 Å². The van der Waals surface area contributed by atoms with E-state index in [0.717, 1.165) is 19.3 Å². The molecular formula is C12H25N3O3S. The number of nitrogens with two attached hydrogens (primary N) is 1. The van der Waals surface area contributed by atoms with Gasteiger partial charge in [0.05, 0.1) is 5.75 Å². The van der Waals surface area contributed by atoms with Gasteiger partial charge < -0.3 is 11.1 Å². The van der Waals surface area contributed by atoms with Gasteiger partial charge in [0.2, 0.25) is 15.9 Å². The van der Waals surface area contributed by atoms with Crippen LogP contribution in [-0.2, 0) is 14.8 Å². The predicted octanol–water partition coefficient (Wildman–Crippen LogP) is -0.195. The standard InChI is InChI=1S/C12H25N3O3S/c1-9(2)15-19(17,18)7-6-14-12(16)11-5-3-4-10(11)8-13/h9-11,15H,3-8,13H2,1-2H3,(H,14,16)/t10-,11-/m1/s1. The summed E-state index contributed by atoms with van der Waals surface area (Å²) in [7, 11) is -3.31. The maximum Gasteiger partial charge on any atom is 0.223 e. The van der Waals surface area contributed by atoms with Crippen LogP contribution in [0.25, 0.3) is 0 Å². The normalized spacial score (nSPS) is 23.8. The first-order valence-electron chi connectivity index (χ1n) is 6.83. The molecule has 0 aromatic rings. The Balaban J connectivity index is 2.35. The minimum Gasteiger partial charge on any atom is -0.355 e. The van der Waals surface area contributed by atoms with Gasteiger partial charge in [-0.1, -0.05) is 6.42 Å². The van der Waals surface area contributed by atoms with Crippen molar-refractivity contribution in [2.45, 2.75) is 39.2 Å². The van der Waals surface area contributed by atoms with Gasteiger partial charge in [0.15, 0.2) is 0 Å². The van der Waals surface area contributed by atoms with E-state index in [4.69, 9.17) is 5.73 Å². The summed E-state index contributed by atoms with van der Waals surface area (Å²) in [5.74, 6) is 0.0422. The minimum absolute atomic E-state index is 0.0502. The first-order valence-corrected chi connectivity index (χ1v) is 8.48. The van der Waals surface area contributed by atoms with Crippen LogP contribution in [0.5, 0.6) is 0 Å². The van der Waals surface area contributed by atoms with E-state index in [1.165, 1.54) is 0 Å². The molecule has 6 nitrogen and oxygen atoms in total. The monoisotopic (exact) mass is 291 g/mol. The summed E-state index contributed by atoms with van der Waals surface area (Å²) < 4.78 is 25.6. The highest BCUT2D eigenvalue weighted by Crippen LogP contribution is 2.30. The van der Waals surface area contributed by atoms with Gasteiger partial charge in [0.1, 0.15) is 0 Å². The Hall–Kier alpha value is -0.660. The fourth-order valence-electron chi connectivity index (χ4n) is 2.52. The van der Waals surface area contributed by atoms with Crippen molar-refractivity contribution < 1.29 is 13.2 Å². The Labute approximate surface area is 115 Å². The highest BCUT2D eigenvalue weighted by atomic mass is 32.2. The van der Waals surface area contributed by atoms with Gasteiger partial charge in [-0.15, -0.1) is 0 Å². The number of hydrogen-bond donors (Lipinski definition) is 3. The van der Waals surface area contributed by atoms with Crippen molar-refractivity contribution in [1.82, 2.24) is 10.0 Å². The Kier molecular flexibility index (Phi) is 6.22. The largest absolute Gasteiger partial charge is 0.355 e. The SMILES string of the molecule is CC(C)NS(=O)(=O)CCNC(=O)[C@@H]1CCC[C@@H]1CN. The second-order valence-electron chi connectivity index (χ2n) is 5.42. The maximum atomic E-state index is 11.9. The van der Waals surface area contributed by atoms with E-state index in [9.17, 15) is 13.2 Å². The smallest absolute Gasteiger partial charge is 0.223 e. The third kappa shape index (κ3) is 5.46. The molecule has 0 unspecified atom stereocenters. The molecule has 1 rings (SSSR count). The van der Waals surface area contributed by atoms with Gasteiger partial charge in [0, 0.05) is 18.5 Å². The van der Waals surface area contributed by atoms with Gasteiger partial charge in [-0.3, -0.25) is 4.79 Å². The van der Waals surface area contributed by atoms with Gasteiger partial charge in [-0.05, 0) is 39.2 Å². The summed E-state index contributed by atoms with van der Waals surface area (Å²) >= 11 is 0. The lowest BCUT2D eigenvalue weighted by Gasteiger charge is -2.17. The molecule has 0 aromatic carbocycles. The third-order valence-corrected chi connectivity index (χ3v) is 4.96. The molecule has 0 bridgehead atoms. The summed E-state index contributed by atoms with van der Waals surface area (Å²) in [6, 6.07) is -0.128. The highest BCUT2D eigenvalue weighted by molar-refractivity contribution is 7.89. The van der Waals surface area contributed by atoms with Crippen LogP contribution in [0.2, 0.25) is 0 Å². The quantitative estimate of drug-likeness (QED) is 0.605. The molecule has 1 aliphatic carbocycles. The molecule has 1 aliphatic rings. The summed E-state index contributed by atoms with van der Waals surface area (Å²) in [6.07, 6.45) is 2.86. The number of hydrogen-bond acceptors (Lipinski definition) is 4. The average Bonchev–Trinajstić information content (AvgIpc) is 2.74. The predicted molar refractivity (Wildman–Crippen MR) is 75.0 cm³/mol. The topological polar surface area (TPSA) is 101 Å². The van der Waals surface area contributed by atoms with Crippen molar-refractivity contribution in [3.05, 3.63) is 0 Å². The first-order chi connectivity index (χ1) is 8.85. The molecule has 0 heterocycles. The second kappa shape index (κ2) is 7.21. The molecule has 0 aromatic heterocycles. The lowest BCUT2D eigenvalue weighted by atomic mass is 9.95. The molecule has 19 heavy (non-hydrogen) atoms. The van der Waals surface area contributed by atoms with E-state index in [1.807, 2.05) is 0 Å². The lowest BCUT2D eigenvalue weighted by molar-refractivity contribution is -0.125. The van der Waals surface area contributed by atoms with E-state index in [1.54, 1.807) is 13.8 Å². The number of nitrogens with one attached hydrogen (secondary N) is 2. The summed E-state index contributed by atoms with van der Waals surface area (Å²) in [5, 5.41) is 2.70. The number of rotatable bonds is 7. The Bertz CT molecular complexity index is 395. The van der Waals surface area contributed by atoms with Gasteiger partial charge in [-0.25, -0.2) is 13.1 Å². The number of amides is 1. The molecule has 7 heteroatoms. The van der Waals surface area contributed by atoms with Gasteiger partial charge in [-0.2, -0.15) is 0 Å². The van der Waals surface area contributed by atoms with E-state index < -0.39 is 10.0 Å². The third-order valence-electron chi connectivity index (χ3n) is 3.38. The Morgan fingerprint density at radius 2 is 2.05 bits per heavy atom. The van der Waals surface area contributed by atoms with Crippen LogP contribution >= 0.6 is 0 Å². The first kappa shape index (κ1) is 16.4. The van der Waals surface area contributed by atoms with Crippen LogP contribution in [0.1, 0.15) is 33.1 Å². The summed E-state index contributed by atoms with van der Waals surface area (Å²) in [5.41, 5.74) is 5.63. The molecule has 1 saturated carbocycles. The van der Waals surface area contributed by atoms with Gasteiger partial charge in [0.25, 0.3) is 0 Å². The fourth-order valence-corrected chi connectivity index (χ4v) is 3.73. The highest BCUT2D eigenvalue weighted by Gasteiger charge is 2.31.